The van der Waals surface area contributed by atoms with Gasteiger partial charge in [-0.1, -0.05) is 163 Å². The van der Waals surface area contributed by atoms with Gasteiger partial charge in [0.15, 0.2) is 5.58 Å². The third-order valence-electron chi connectivity index (χ3n) is 10.3. The zero-order valence-corrected chi connectivity index (χ0v) is 27.3. The first-order valence-corrected chi connectivity index (χ1v) is 17.1. The van der Waals surface area contributed by atoms with Gasteiger partial charge in [-0.15, -0.1) is 0 Å². The van der Waals surface area contributed by atoms with E-state index in [4.69, 9.17) is 18.5 Å². The lowest BCUT2D eigenvalue weighted by molar-refractivity contribution is 0.669. The van der Waals surface area contributed by atoms with Crippen LogP contribution in [0.15, 0.2) is 174 Å². The molecular weight excluding hydrogens is 621 g/mol. The van der Waals surface area contributed by atoms with Crippen LogP contribution in [0.5, 0.6) is 0 Å². The zero-order chi connectivity index (χ0) is 36.1. The molecule has 8 aromatic carbocycles. The highest BCUT2D eigenvalue weighted by molar-refractivity contribution is 6.91. The van der Waals surface area contributed by atoms with Crippen molar-refractivity contribution in [2.45, 2.75) is 0 Å². The Kier molecular flexibility index (Phi) is 5.40. The zero-order valence-electron chi connectivity index (χ0n) is 30.3. The second-order valence-corrected chi connectivity index (χ2v) is 13.0. The van der Waals surface area contributed by atoms with Crippen molar-refractivity contribution in [3.8, 4) is 22.4 Å². The number of para-hydroxylation sites is 2. The van der Waals surface area contributed by atoms with Crippen molar-refractivity contribution in [3.63, 3.8) is 0 Å². The Balaban J connectivity index is 1.37. The van der Waals surface area contributed by atoms with Gasteiger partial charge in [0.2, 0.25) is 5.95 Å². The molecule has 0 amide bonds. The van der Waals surface area contributed by atoms with E-state index in [2.05, 4.69) is 102 Å². The Morgan fingerprint density at radius 3 is 2.10 bits per heavy atom. The quantitative estimate of drug-likeness (QED) is 0.178. The normalized spacial score (nSPS) is 13.5. The van der Waals surface area contributed by atoms with Crippen LogP contribution in [0.1, 0.15) is 4.11 Å². The molecule has 0 N–H and O–H groups in total. The van der Waals surface area contributed by atoms with Gasteiger partial charge in [0.25, 0.3) is 0 Å². The maximum Gasteiger partial charge on any atom is 0.332 e. The number of benzene rings is 8. The van der Waals surface area contributed by atoms with Gasteiger partial charge in [-0.25, -0.2) is 9.97 Å². The maximum atomic E-state index is 8.98. The highest BCUT2D eigenvalue weighted by atomic mass is 16.3. The fraction of sp³-hybridized carbons (Fsp3) is 0. The molecule has 1 aliphatic rings. The summed E-state index contributed by atoms with van der Waals surface area (Å²) in [6.45, 7) is -0.383. The molecule has 2 aromatic heterocycles. The maximum absolute atomic E-state index is 8.98. The van der Waals surface area contributed by atoms with E-state index in [0.717, 1.165) is 76.6 Å². The van der Waals surface area contributed by atoms with Gasteiger partial charge in [0.05, 0.1) is 21.0 Å². The summed E-state index contributed by atoms with van der Waals surface area (Å²) in [7, 11) is 0. The number of hydrogen-bond donors (Lipinski definition) is 0. The largest absolute Gasteiger partial charge is 0.454 e. The van der Waals surface area contributed by atoms with Crippen LogP contribution < -0.4 is 15.7 Å². The summed E-state index contributed by atoms with van der Waals surface area (Å²) in [5, 5.41) is 7.26. The number of hydrogen-bond acceptors (Lipinski definition) is 4. The molecule has 236 valence electrons. The van der Waals surface area contributed by atoms with Crippen molar-refractivity contribution in [3.05, 3.63) is 170 Å². The Labute approximate surface area is 298 Å². The predicted octanol–water partition coefficient (Wildman–Crippen LogP) is 10.4. The predicted molar refractivity (Wildman–Crippen MR) is 213 cm³/mol. The lowest BCUT2D eigenvalue weighted by atomic mass is 9.45. The highest BCUT2D eigenvalue weighted by Gasteiger charge is 2.42. The van der Waals surface area contributed by atoms with Crippen LogP contribution in [-0.2, 0) is 0 Å². The van der Waals surface area contributed by atoms with Crippen LogP contribution in [0, 0.1) is 0 Å². The minimum absolute atomic E-state index is 0.0726. The Morgan fingerprint density at radius 1 is 0.569 bits per heavy atom. The molecule has 4 nitrogen and oxygen atoms in total. The van der Waals surface area contributed by atoms with Crippen molar-refractivity contribution in [2.75, 3.05) is 4.81 Å². The van der Waals surface area contributed by atoms with E-state index >= 15 is 0 Å². The van der Waals surface area contributed by atoms with E-state index in [1.165, 1.54) is 12.1 Å². The first-order chi connectivity index (χ1) is 26.5. The van der Waals surface area contributed by atoms with Gasteiger partial charge in [-0.3, -0.25) is 0 Å². The van der Waals surface area contributed by atoms with Gasteiger partial charge in [0.1, 0.15) is 5.58 Å². The average Bonchev–Trinajstić information content (AvgIpc) is 3.60. The molecule has 5 heteroatoms. The third kappa shape index (κ3) is 4.09. The number of nitrogens with zero attached hydrogens (tertiary/aromatic N) is 3. The molecule has 0 unspecified atom stereocenters. The van der Waals surface area contributed by atoms with Gasteiger partial charge in [0, 0.05) is 27.3 Å². The van der Waals surface area contributed by atoms with Crippen molar-refractivity contribution in [1.29, 1.82) is 0 Å². The monoisotopic (exact) mass is 652 g/mol. The molecule has 0 bridgehead atoms. The summed E-state index contributed by atoms with van der Waals surface area (Å²) < 4.78 is 33.2. The Bertz CT molecular complexity index is 3160. The molecule has 0 saturated carbocycles. The van der Waals surface area contributed by atoms with E-state index in [1.54, 1.807) is 0 Å². The summed E-state index contributed by atoms with van der Waals surface area (Å²) in [5.74, 6) is 0.420. The summed E-state index contributed by atoms with van der Waals surface area (Å²) in [6, 6.07) is 51.2. The SMILES string of the molecule is [2H]c1cc([2H])c(-c2nc(N3B(c4ccccc4)c4ccc5ccccc5c4-c4c3c3oc5ccccc5c3c3ccccc43)nc3ccccc23)c([2H])c1. The molecule has 3 heterocycles. The summed E-state index contributed by atoms with van der Waals surface area (Å²) >= 11 is 0. The molecule has 0 aliphatic carbocycles. The first kappa shape index (κ1) is 25.3. The van der Waals surface area contributed by atoms with Crippen molar-refractivity contribution in [1.82, 2.24) is 9.97 Å². The smallest absolute Gasteiger partial charge is 0.332 e. The molecule has 11 rings (SSSR count). The number of furan rings is 1. The molecule has 0 radical (unpaired) electrons. The van der Waals surface area contributed by atoms with Gasteiger partial charge < -0.3 is 9.23 Å². The van der Waals surface area contributed by atoms with E-state index < -0.39 is 0 Å². The van der Waals surface area contributed by atoms with Crippen LogP contribution in [0.25, 0.3) is 76.8 Å². The minimum atomic E-state index is -0.383. The van der Waals surface area contributed by atoms with Crippen LogP contribution in [0.3, 0.4) is 0 Å². The molecule has 1 aliphatic heterocycles. The highest BCUT2D eigenvalue weighted by Crippen LogP contribution is 2.52. The van der Waals surface area contributed by atoms with Crippen LogP contribution in [0.4, 0.5) is 11.6 Å². The van der Waals surface area contributed by atoms with Gasteiger partial charge in [-0.2, -0.15) is 0 Å². The van der Waals surface area contributed by atoms with Crippen LogP contribution >= 0.6 is 0 Å². The topological polar surface area (TPSA) is 42.2 Å². The molecule has 0 atom stereocenters. The molecular formula is C46H28BN3O. The van der Waals surface area contributed by atoms with E-state index in [9.17, 15) is 0 Å². The first-order valence-electron chi connectivity index (χ1n) is 18.6. The average molecular weight is 653 g/mol. The van der Waals surface area contributed by atoms with Crippen LogP contribution in [-0.4, -0.2) is 16.8 Å². The summed E-state index contributed by atoms with van der Waals surface area (Å²) in [5.41, 5.74) is 8.24. The molecule has 51 heavy (non-hydrogen) atoms. The molecule has 0 saturated heterocycles. The van der Waals surface area contributed by atoms with Gasteiger partial charge >= 0.3 is 6.85 Å². The van der Waals surface area contributed by atoms with Gasteiger partial charge in [-0.05, 0) is 44.7 Å². The number of rotatable bonds is 3. The lowest BCUT2D eigenvalue weighted by Crippen LogP contribution is -2.58. The van der Waals surface area contributed by atoms with Crippen LogP contribution in [0.2, 0.25) is 0 Å². The number of aromatic nitrogens is 2. The molecule has 0 fully saturated rings. The second kappa shape index (κ2) is 10.9. The fourth-order valence-corrected chi connectivity index (χ4v) is 8.18. The number of anilines is 2. The lowest BCUT2D eigenvalue weighted by Gasteiger charge is -2.38. The standard InChI is InChI=1S/C46H28BN3O/c1-3-16-30(17-4-1)43-35-23-11-13-25-38(35)48-46(49-43)50-44-42(34-22-10-9-21-33(34)40-36-24-12-14-26-39(36)51-45(40)44)41-32-20-8-7-15-29(32)27-28-37(41)47(50)31-18-5-2-6-19-31/h1-28H/i1D,16D,17D. The second-order valence-electron chi connectivity index (χ2n) is 13.0. The van der Waals surface area contributed by atoms with E-state index in [-0.39, 0.29) is 25.0 Å². The third-order valence-corrected chi connectivity index (χ3v) is 10.3. The Hall–Kier alpha value is -6.72. The van der Waals surface area contributed by atoms with Crippen molar-refractivity contribution in [2.24, 2.45) is 0 Å². The molecule has 0 spiro atoms. The van der Waals surface area contributed by atoms with E-state index in [1.807, 2.05) is 42.5 Å². The fourth-order valence-electron chi connectivity index (χ4n) is 8.18. The minimum Gasteiger partial charge on any atom is -0.454 e. The Morgan fingerprint density at radius 2 is 1.25 bits per heavy atom. The van der Waals surface area contributed by atoms with Crippen molar-refractivity contribution >= 4 is 83.8 Å². The number of fused-ring (bicyclic) bond motifs is 13. The van der Waals surface area contributed by atoms with E-state index in [0.29, 0.717) is 22.7 Å². The van der Waals surface area contributed by atoms with Crippen molar-refractivity contribution < 1.29 is 8.53 Å². The summed E-state index contributed by atoms with van der Waals surface area (Å²) in [4.78, 5) is 12.9. The molecule has 10 aromatic rings. The summed E-state index contributed by atoms with van der Waals surface area (Å²) in [6.07, 6.45) is 0.